The lowest BCUT2D eigenvalue weighted by Crippen LogP contribution is -2.30. The summed E-state index contributed by atoms with van der Waals surface area (Å²) in [6, 6.07) is 9.36. The van der Waals surface area contributed by atoms with E-state index >= 15 is 0 Å². The minimum absolute atomic E-state index is 0.0267. The molecule has 2 aromatic heterocycles. The number of benzene rings is 1. The van der Waals surface area contributed by atoms with Crippen LogP contribution in [0.2, 0.25) is 0 Å². The van der Waals surface area contributed by atoms with Crippen molar-refractivity contribution in [1.82, 2.24) is 9.47 Å². The predicted octanol–water partition coefficient (Wildman–Crippen LogP) is 4.23. The monoisotopic (exact) mass is 386 g/mol. The number of carbonyl (C=O) groups is 1. The number of rotatable bonds is 5. The van der Waals surface area contributed by atoms with Gasteiger partial charge in [-0.2, -0.15) is 0 Å². The van der Waals surface area contributed by atoms with Gasteiger partial charge in [0.25, 0.3) is 0 Å². The number of ketones is 1. The average molecular weight is 387 g/mol. The molecule has 1 fully saturated rings. The highest BCUT2D eigenvalue weighted by molar-refractivity contribution is 7.16. The Kier molecular flexibility index (Phi) is 5.33. The average Bonchev–Trinajstić information content (AvgIpc) is 3.20. The van der Waals surface area contributed by atoms with E-state index in [1.807, 2.05) is 40.3 Å². The van der Waals surface area contributed by atoms with E-state index in [0.29, 0.717) is 5.56 Å². The summed E-state index contributed by atoms with van der Waals surface area (Å²) in [6.07, 6.45) is 5.15. The SMILES string of the molecule is O=C(c1ccc2c(c1)sc(=O)n2CCN1CCCCCC1)c1cccs1. The van der Waals surface area contributed by atoms with Crippen LogP contribution < -0.4 is 4.87 Å². The van der Waals surface area contributed by atoms with Crippen molar-refractivity contribution in [3.05, 3.63) is 55.8 Å². The van der Waals surface area contributed by atoms with Crippen molar-refractivity contribution >= 4 is 38.7 Å². The minimum Gasteiger partial charge on any atom is -0.302 e. The summed E-state index contributed by atoms with van der Waals surface area (Å²) in [5.74, 6) is 0.0267. The lowest BCUT2D eigenvalue weighted by atomic mass is 10.1. The second-order valence-electron chi connectivity index (χ2n) is 6.76. The van der Waals surface area contributed by atoms with Gasteiger partial charge in [0.05, 0.1) is 15.1 Å². The minimum atomic E-state index is 0.0267. The van der Waals surface area contributed by atoms with Crippen LogP contribution in [-0.4, -0.2) is 34.9 Å². The zero-order valence-electron chi connectivity index (χ0n) is 14.6. The molecule has 0 spiro atoms. The molecule has 0 aliphatic carbocycles. The summed E-state index contributed by atoms with van der Waals surface area (Å²) in [5.41, 5.74) is 1.60. The van der Waals surface area contributed by atoms with Crippen LogP contribution in [0.1, 0.15) is 40.9 Å². The molecule has 0 amide bonds. The fourth-order valence-electron chi connectivity index (χ4n) is 3.57. The van der Waals surface area contributed by atoms with Crippen LogP contribution >= 0.6 is 22.7 Å². The van der Waals surface area contributed by atoms with Gasteiger partial charge in [0.1, 0.15) is 0 Å². The zero-order chi connectivity index (χ0) is 17.9. The van der Waals surface area contributed by atoms with Crippen molar-refractivity contribution in [2.24, 2.45) is 0 Å². The first-order valence-corrected chi connectivity index (χ1v) is 10.9. The second kappa shape index (κ2) is 7.86. The van der Waals surface area contributed by atoms with Gasteiger partial charge in [-0.15, -0.1) is 11.3 Å². The van der Waals surface area contributed by atoms with Gasteiger partial charge in [-0.25, -0.2) is 0 Å². The molecule has 4 rings (SSSR count). The van der Waals surface area contributed by atoms with Crippen molar-refractivity contribution in [1.29, 1.82) is 0 Å². The Morgan fingerprint density at radius 3 is 2.58 bits per heavy atom. The Bertz CT molecular complexity index is 948. The van der Waals surface area contributed by atoms with E-state index in [-0.39, 0.29) is 10.7 Å². The number of hydrogen-bond donors (Lipinski definition) is 0. The number of likely N-dealkylation sites (tertiary alicyclic amines) is 1. The number of carbonyl (C=O) groups excluding carboxylic acids is 1. The molecule has 0 atom stereocenters. The predicted molar refractivity (Wildman–Crippen MR) is 109 cm³/mol. The van der Waals surface area contributed by atoms with E-state index < -0.39 is 0 Å². The molecule has 0 bridgehead atoms. The number of hydrogen-bond acceptors (Lipinski definition) is 5. The normalized spacial score (nSPS) is 16.0. The summed E-state index contributed by atoms with van der Waals surface area (Å²) in [5, 5.41) is 1.91. The maximum Gasteiger partial charge on any atom is 0.308 e. The molecule has 0 unspecified atom stereocenters. The van der Waals surface area contributed by atoms with Crippen LogP contribution in [-0.2, 0) is 6.54 Å². The van der Waals surface area contributed by atoms with Crippen LogP contribution in [0.25, 0.3) is 10.2 Å². The molecule has 1 aromatic carbocycles. The van der Waals surface area contributed by atoms with Gasteiger partial charge >= 0.3 is 4.87 Å². The van der Waals surface area contributed by atoms with Gasteiger partial charge in [-0.05, 0) is 55.6 Å². The van der Waals surface area contributed by atoms with Gasteiger partial charge in [0.2, 0.25) is 5.78 Å². The molecule has 1 aliphatic rings. The zero-order valence-corrected chi connectivity index (χ0v) is 16.3. The first-order valence-electron chi connectivity index (χ1n) is 9.16. The van der Waals surface area contributed by atoms with Crippen molar-refractivity contribution in [3.63, 3.8) is 0 Å². The largest absolute Gasteiger partial charge is 0.308 e. The maximum absolute atomic E-state index is 12.5. The number of nitrogens with zero attached hydrogens (tertiary/aromatic N) is 2. The number of thiophene rings is 1. The molecular formula is C20H22N2O2S2. The highest BCUT2D eigenvalue weighted by atomic mass is 32.1. The lowest BCUT2D eigenvalue weighted by molar-refractivity contribution is 0.104. The standard InChI is InChI=1S/C20H22N2O2S2/c23-19(17-6-5-13-25-17)15-7-8-16-18(14-15)26-20(24)22(16)12-11-21-9-3-1-2-4-10-21/h5-8,13-14H,1-4,9-12H2. The molecule has 136 valence electrons. The highest BCUT2D eigenvalue weighted by Gasteiger charge is 2.15. The summed E-state index contributed by atoms with van der Waals surface area (Å²) >= 11 is 2.69. The van der Waals surface area contributed by atoms with E-state index in [1.54, 1.807) is 0 Å². The van der Waals surface area contributed by atoms with Gasteiger partial charge in [0.15, 0.2) is 0 Å². The van der Waals surface area contributed by atoms with Gasteiger partial charge in [-0.3, -0.25) is 14.2 Å². The molecule has 26 heavy (non-hydrogen) atoms. The molecule has 3 heterocycles. The topological polar surface area (TPSA) is 42.3 Å². The van der Waals surface area contributed by atoms with E-state index in [4.69, 9.17) is 0 Å². The summed E-state index contributed by atoms with van der Waals surface area (Å²) in [7, 11) is 0. The molecule has 3 aromatic rings. The third kappa shape index (κ3) is 3.68. The van der Waals surface area contributed by atoms with Gasteiger partial charge in [-0.1, -0.05) is 30.2 Å². The fraction of sp³-hybridized carbons (Fsp3) is 0.400. The van der Waals surface area contributed by atoms with Crippen LogP contribution in [0.3, 0.4) is 0 Å². The smallest absolute Gasteiger partial charge is 0.302 e. The molecular weight excluding hydrogens is 364 g/mol. The summed E-state index contributed by atoms with van der Waals surface area (Å²) in [6.45, 7) is 3.91. The Morgan fingerprint density at radius 2 is 1.85 bits per heavy atom. The molecule has 1 aliphatic heterocycles. The summed E-state index contributed by atoms with van der Waals surface area (Å²) < 4.78 is 2.76. The van der Waals surface area contributed by atoms with E-state index in [0.717, 1.165) is 41.3 Å². The van der Waals surface area contributed by atoms with Crippen molar-refractivity contribution < 1.29 is 4.79 Å². The van der Waals surface area contributed by atoms with E-state index in [9.17, 15) is 9.59 Å². The first-order chi connectivity index (χ1) is 12.7. The Hall–Kier alpha value is -1.76. The van der Waals surface area contributed by atoms with Crippen molar-refractivity contribution in [2.75, 3.05) is 19.6 Å². The van der Waals surface area contributed by atoms with Crippen molar-refractivity contribution in [3.8, 4) is 0 Å². The van der Waals surface area contributed by atoms with E-state index in [1.165, 1.54) is 48.4 Å². The van der Waals surface area contributed by atoms with E-state index in [2.05, 4.69) is 4.90 Å². The quantitative estimate of drug-likeness (QED) is 0.616. The molecule has 6 heteroatoms. The third-order valence-corrected chi connectivity index (χ3v) is 6.82. The molecule has 0 N–H and O–H groups in total. The first kappa shape index (κ1) is 17.6. The second-order valence-corrected chi connectivity index (χ2v) is 8.71. The van der Waals surface area contributed by atoms with Crippen LogP contribution in [0, 0.1) is 0 Å². The Labute approximate surface area is 160 Å². The number of thiazole rings is 1. The maximum atomic E-state index is 12.5. The molecule has 0 saturated carbocycles. The number of aromatic nitrogens is 1. The molecule has 4 nitrogen and oxygen atoms in total. The number of fused-ring (bicyclic) bond motifs is 1. The Balaban J connectivity index is 1.55. The van der Waals surface area contributed by atoms with Crippen LogP contribution in [0.15, 0.2) is 40.5 Å². The van der Waals surface area contributed by atoms with Gasteiger partial charge in [0, 0.05) is 18.7 Å². The fourth-order valence-corrected chi connectivity index (χ4v) is 5.21. The van der Waals surface area contributed by atoms with Crippen molar-refractivity contribution in [2.45, 2.75) is 32.2 Å². The Morgan fingerprint density at radius 1 is 1.04 bits per heavy atom. The third-order valence-electron chi connectivity index (χ3n) is 5.01. The summed E-state index contributed by atoms with van der Waals surface area (Å²) in [4.78, 5) is 28.3. The van der Waals surface area contributed by atoms with Crippen LogP contribution in [0.4, 0.5) is 0 Å². The highest BCUT2D eigenvalue weighted by Crippen LogP contribution is 2.22. The van der Waals surface area contributed by atoms with Gasteiger partial charge < -0.3 is 4.90 Å². The lowest BCUT2D eigenvalue weighted by Gasteiger charge is -2.19. The van der Waals surface area contributed by atoms with Crippen LogP contribution in [0.5, 0.6) is 0 Å². The molecule has 1 saturated heterocycles. The molecule has 0 radical (unpaired) electrons.